The Balaban J connectivity index is 1.80. The molecule has 2 aromatic rings. The molecule has 0 N–H and O–H groups in total. The lowest BCUT2D eigenvalue weighted by Crippen LogP contribution is -2.33. The molecule has 1 aliphatic heterocycles. The van der Waals surface area contributed by atoms with E-state index in [4.69, 9.17) is 14.2 Å². The van der Waals surface area contributed by atoms with E-state index in [0.717, 1.165) is 10.8 Å². The molecule has 0 aliphatic carbocycles. The first-order valence-corrected chi connectivity index (χ1v) is 5.69. The number of fused-ring (bicyclic) bond motifs is 1. The van der Waals surface area contributed by atoms with Gasteiger partial charge in [0, 0.05) is 6.07 Å². The fraction of sp³-hybridized carbons (Fsp3) is 0.286. The summed E-state index contributed by atoms with van der Waals surface area (Å²) in [6.07, 6.45) is -0.318. The summed E-state index contributed by atoms with van der Waals surface area (Å²) in [4.78, 5) is 0. The number of rotatable bonds is 2. The summed E-state index contributed by atoms with van der Waals surface area (Å²) in [6.45, 7) is 1.69. The van der Waals surface area contributed by atoms with Crippen molar-refractivity contribution < 1.29 is 14.2 Å². The van der Waals surface area contributed by atoms with Gasteiger partial charge in [0.15, 0.2) is 0 Å². The van der Waals surface area contributed by atoms with Crippen molar-refractivity contribution in [2.24, 2.45) is 0 Å². The third kappa shape index (κ3) is 2.40. The molecule has 17 heavy (non-hydrogen) atoms. The van der Waals surface area contributed by atoms with Crippen LogP contribution in [-0.2, 0) is 9.47 Å². The van der Waals surface area contributed by atoms with Crippen LogP contribution >= 0.6 is 0 Å². The quantitative estimate of drug-likeness (QED) is 0.791. The lowest BCUT2D eigenvalue weighted by molar-refractivity contribution is -0.170. The van der Waals surface area contributed by atoms with Gasteiger partial charge in [0.1, 0.15) is 12.4 Å². The first kappa shape index (κ1) is 10.6. The van der Waals surface area contributed by atoms with E-state index in [1.807, 2.05) is 30.3 Å². The first-order chi connectivity index (χ1) is 8.42. The Hall–Kier alpha value is -1.58. The Morgan fingerprint density at radius 1 is 1.12 bits per heavy atom. The molecule has 2 aromatic carbocycles. The van der Waals surface area contributed by atoms with Crippen LogP contribution in [0.1, 0.15) is 0 Å². The molecular formula is C14H13O3. The molecule has 1 radical (unpaired) electrons. The molecule has 0 spiro atoms. The Bertz CT molecular complexity index is 504. The third-order valence-corrected chi connectivity index (χ3v) is 2.68. The maximum atomic E-state index is 5.66. The number of benzene rings is 2. The van der Waals surface area contributed by atoms with Crippen molar-refractivity contribution in [3.8, 4) is 5.75 Å². The topological polar surface area (TPSA) is 27.7 Å². The Morgan fingerprint density at radius 2 is 2.06 bits per heavy atom. The molecule has 1 aliphatic rings. The molecule has 3 nitrogen and oxygen atoms in total. The standard InChI is InChI=1S/C14H13O3/c1-2-4-12-9-13(6-5-11(12)3-1)17-14-10-15-7-8-16-14/h1-6,14H,7-8,10H2. The number of hydrogen-bond acceptors (Lipinski definition) is 3. The van der Waals surface area contributed by atoms with Gasteiger partial charge in [0.2, 0.25) is 6.29 Å². The average molecular weight is 229 g/mol. The van der Waals surface area contributed by atoms with Crippen molar-refractivity contribution in [1.29, 1.82) is 0 Å². The predicted octanol–water partition coefficient (Wildman–Crippen LogP) is 2.39. The van der Waals surface area contributed by atoms with Gasteiger partial charge in [-0.1, -0.05) is 30.3 Å². The second-order valence-corrected chi connectivity index (χ2v) is 3.90. The van der Waals surface area contributed by atoms with Gasteiger partial charge in [-0.15, -0.1) is 0 Å². The van der Waals surface area contributed by atoms with E-state index >= 15 is 0 Å². The highest BCUT2D eigenvalue weighted by Crippen LogP contribution is 2.21. The Labute approximate surface area is 99.9 Å². The highest BCUT2D eigenvalue weighted by atomic mass is 16.7. The van der Waals surface area contributed by atoms with E-state index in [9.17, 15) is 0 Å². The molecule has 87 valence electrons. The molecule has 1 heterocycles. The molecule has 3 heteroatoms. The third-order valence-electron chi connectivity index (χ3n) is 2.68. The summed E-state index contributed by atoms with van der Waals surface area (Å²) in [6, 6.07) is 15.2. The van der Waals surface area contributed by atoms with Gasteiger partial charge >= 0.3 is 0 Å². The van der Waals surface area contributed by atoms with Crippen LogP contribution in [0.25, 0.3) is 10.8 Å². The van der Waals surface area contributed by atoms with E-state index in [1.54, 1.807) is 0 Å². The second-order valence-electron chi connectivity index (χ2n) is 3.90. The largest absolute Gasteiger partial charge is 0.462 e. The summed E-state index contributed by atoms with van der Waals surface area (Å²) in [5.74, 6) is 0.694. The molecule has 0 bridgehead atoms. The minimum absolute atomic E-state index is 0.318. The normalized spacial score (nSPS) is 20.4. The lowest BCUT2D eigenvalue weighted by atomic mass is 10.1. The van der Waals surface area contributed by atoms with Gasteiger partial charge in [0.25, 0.3) is 0 Å². The summed E-state index contributed by atoms with van der Waals surface area (Å²) in [5, 5.41) is 2.20. The van der Waals surface area contributed by atoms with Crippen LogP contribution in [0.4, 0.5) is 0 Å². The predicted molar refractivity (Wildman–Crippen MR) is 64.0 cm³/mol. The molecular weight excluding hydrogens is 216 g/mol. The Morgan fingerprint density at radius 3 is 2.94 bits per heavy atom. The van der Waals surface area contributed by atoms with Gasteiger partial charge in [-0.3, -0.25) is 0 Å². The molecule has 3 rings (SSSR count). The SMILES string of the molecule is [c]1c(OC2COCCO2)ccc2ccccc12. The maximum absolute atomic E-state index is 5.66. The van der Waals surface area contributed by atoms with Gasteiger partial charge in [-0.25, -0.2) is 0 Å². The van der Waals surface area contributed by atoms with Gasteiger partial charge in [-0.05, 0) is 16.8 Å². The summed E-state index contributed by atoms with van der Waals surface area (Å²) >= 11 is 0. The zero-order valence-electron chi connectivity index (χ0n) is 9.39. The molecule has 0 amide bonds. The lowest BCUT2D eigenvalue weighted by Gasteiger charge is -2.23. The summed E-state index contributed by atoms with van der Waals surface area (Å²) in [7, 11) is 0. The van der Waals surface area contributed by atoms with E-state index in [0.29, 0.717) is 25.6 Å². The van der Waals surface area contributed by atoms with E-state index in [2.05, 4.69) is 12.1 Å². The van der Waals surface area contributed by atoms with Crippen molar-refractivity contribution in [1.82, 2.24) is 0 Å². The molecule has 1 atom stereocenters. The van der Waals surface area contributed by atoms with Crippen molar-refractivity contribution in [2.45, 2.75) is 6.29 Å². The van der Waals surface area contributed by atoms with Crippen molar-refractivity contribution in [2.75, 3.05) is 19.8 Å². The minimum Gasteiger partial charge on any atom is -0.462 e. The zero-order chi connectivity index (χ0) is 11.5. The van der Waals surface area contributed by atoms with Crippen molar-refractivity contribution in [3.63, 3.8) is 0 Å². The smallest absolute Gasteiger partial charge is 0.223 e. The number of ether oxygens (including phenoxy) is 3. The highest BCUT2D eigenvalue weighted by Gasteiger charge is 2.15. The monoisotopic (exact) mass is 229 g/mol. The minimum atomic E-state index is -0.318. The fourth-order valence-electron chi connectivity index (χ4n) is 1.84. The van der Waals surface area contributed by atoms with E-state index in [1.165, 1.54) is 0 Å². The summed E-state index contributed by atoms with van der Waals surface area (Å²) < 4.78 is 16.4. The fourth-order valence-corrected chi connectivity index (χ4v) is 1.84. The van der Waals surface area contributed by atoms with Gasteiger partial charge < -0.3 is 14.2 Å². The molecule has 1 fully saturated rings. The van der Waals surface area contributed by atoms with Crippen LogP contribution in [0, 0.1) is 6.07 Å². The molecule has 1 unspecified atom stereocenters. The van der Waals surface area contributed by atoms with Crippen LogP contribution in [0.15, 0.2) is 36.4 Å². The average Bonchev–Trinajstić information content (AvgIpc) is 2.40. The van der Waals surface area contributed by atoms with Gasteiger partial charge in [0.05, 0.1) is 13.2 Å². The zero-order valence-corrected chi connectivity index (χ0v) is 9.39. The van der Waals surface area contributed by atoms with Gasteiger partial charge in [-0.2, -0.15) is 0 Å². The molecule has 0 saturated carbocycles. The van der Waals surface area contributed by atoms with E-state index < -0.39 is 0 Å². The van der Waals surface area contributed by atoms with Crippen LogP contribution in [0.2, 0.25) is 0 Å². The molecule has 0 aromatic heterocycles. The van der Waals surface area contributed by atoms with E-state index in [-0.39, 0.29) is 6.29 Å². The van der Waals surface area contributed by atoms with Crippen molar-refractivity contribution >= 4 is 10.8 Å². The number of hydrogen-bond donors (Lipinski definition) is 0. The Kier molecular flexibility index (Phi) is 2.94. The van der Waals surface area contributed by atoms with Crippen LogP contribution in [-0.4, -0.2) is 26.1 Å². The first-order valence-electron chi connectivity index (χ1n) is 5.69. The molecule has 1 saturated heterocycles. The second kappa shape index (κ2) is 4.73. The van der Waals surface area contributed by atoms with Crippen LogP contribution < -0.4 is 4.74 Å². The highest BCUT2D eigenvalue weighted by molar-refractivity contribution is 5.83. The summed E-state index contributed by atoms with van der Waals surface area (Å²) in [5.41, 5.74) is 0. The van der Waals surface area contributed by atoms with Crippen molar-refractivity contribution in [3.05, 3.63) is 42.5 Å². The maximum Gasteiger partial charge on any atom is 0.223 e. The van der Waals surface area contributed by atoms with Crippen LogP contribution in [0.5, 0.6) is 5.75 Å². The van der Waals surface area contributed by atoms with Crippen LogP contribution in [0.3, 0.4) is 0 Å².